The van der Waals surface area contributed by atoms with E-state index in [4.69, 9.17) is 17.3 Å². The molecule has 72 valence electrons. The number of nitrogen functional groups attached to an aromatic ring is 1. The molecule has 0 amide bonds. The maximum absolute atomic E-state index is 13.0. The van der Waals surface area contributed by atoms with Crippen molar-refractivity contribution < 1.29 is 4.39 Å². The van der Waals surface area contributed by atoms with Gasteiger partial charge >= 0.3 is 0 Å². The van der Waals surface area contributed by atoms with Crippen LogP contribution in [0.3, 0.4) is 0 Å². The first-order valence-corrected chi connectivity index (χ1v) is 4.18. The molecule has 0 aliphatic heterocycles. The molecule has 0 saturated heterocycles. The van der Waals surface area contributed by atoms with E-state index in [-0.39, 0.29) is 10.8 Å². The fraction of sp³-hybridized carbons (Fsp3) is 0. The maximum Gasteiger partial charge on any atom is 0.166 e. The number of hydrogen-bond donors (Lipinski definition) is 1. The van der Waals surface area contributed by atoms with Crippen LogP contribution in [0.5, 0.6) is 0 Å². The highest BCUT2D eigenvalue weighted by Gasteiger charge is 2.04. The van der Waals surface area contributed by atoms with E-state index in [1.165, 1.54) is 23.0 Å². The number of hydrogen-bond acceptors (Lipinski definition) is 3. The second-order valence-electron chi connectivity index (χ2n) is 2.69. The van der Waals surface area contributed by atoms with Crippen molar-refractivity contribution in [2.24, 2.45) is 0 Å². The van der Waals surface area contributed by atoms with E-state index in [9.17, 15) is 4.39 Å². The zero-order chi connectivity index (χ0) is 10.1. The zero-order valence-corrected chi connectivity index (χ0v) is 7.74. The van der Waals surface area contributed by atoms with Crippen LogP contribution in [0.2, 0.25) is 5.02 Å². The second-order valence-corrected chi connectivity index (χ2v) is 3.09. The molecule has 0 saturated carbocycles. The average molecular weight is 213 g/mol. The molecule has 1 aromatic carbocycles. The molecule has 2 aromatic rings. The molecular formula is C8H6ClFN4. The van der Waals surface area contributed by atoms with Gasteiger partial charge in [0.25, 0.3) is 0 Å². The van der Waals surface area contributed by atoms with Gasteiger partial charge in [0.1, 0.15) is 5.82 Å². The summed E-state index contributed by atoms with van der Waals surface area (Å²) in [5.41, 5.74) is 5.89. The molecular weight excluding hydrogens is 207 g/mol. The van der Waals surface area contributed by atoms with E-state index in [1.807, 2.05) is 0 Å². The van der Waals surface area contributed by atoms with Gasteiger partial charge in [-0.2, -0.15) is 0 Å². The van der Waals surface area contributed by atoms with Gasteiger partial charge in [-0.05, 0) is 12.1 Å². The molecule has 2 rings (SSSR count). The van der Waals surface area contributed by atoms with Crippen molar-refractivity contribution in [3.8, 4) is 5.69 Å². The van der Waals surface area contributed by atoms with Crippen LogP contribution >= 0.6 is 11.6 Å². The Morgan fingerprint density at radius 3 is 2.79 bits per heavy atom. The van der Waals surface area contributed by atoms with Crippen LogP contribution in [0.1, 0.15) is 0 Å². The Bertz CT molecular complexity index is 468. The van der Waals surface area contributed by atoms with E-state index in [1.54, 1.807) is 6.07 Å². The van der Waals surface area contributed by atoms with Crippen LogP contribution in [0.25, 0.3) is 5.69 Å². The number of aromatic nitrogens is 3. The molecule has 0 radical (unpaired) electrons. The molecule has 14 heavy (non-hydrogen) atoms. The number of anilines is 1. The Morgan fingerprint density at radius 2 is 2.21 bits per heavy atom. The third kappa shape index (κ3) is 1.54. The third-order valence-corrected chi connectivity index (χ3v) is 1.99. The summed E-state index contributed by atoms with van der Waals surface area (Å²) in [6.07, 6.45) is 1.49. The van der Waals surface area contributed by atoms with Crippen molar-refractivity contribution in [2.45, 2.75) is 0 Å². The molecule has 0 spiro atoms. The van der Waals surface area contributed by atoms with Crippen LogP contribution in [-0.4, -0.2) is 15.0 Å². The molecule has 0 unspecified atom stereocenters. The summed E-state index contributed by atoms with van der Waals surface area (Å²) in [6.45, 7) is 0. The second kappa shape index (κ2) is 3.26. The molecule has 1 aromatic heterocycles. The largest absolute Gasteiger partial charge is 0.381 e. The Labute approximate surface area is 84.1 Å². The minimum absolute atomic E-state index is 0.0711. The molecule has 4 nitrogen and oxygen atoms in total. The minimum atomic E-state index is -0.502. The number of nitrogens with two attached hydrogens (primary N) is 1. The highest BCUT2D eigenvalue weighted by Crippen LogP contribution is 2.17. The number of halogens is 2. The molecule has 0 bridgehead atoms. The summed E-state index contributed by atoms with van der Waals surface area (Å²) in [4.78, 5) is 0. The average Bonchev–Trinajstić information content (AvgIpc) is 2.57. The van der Waals surface area contributed by atoms with Gasteiger partial charge in [0, 0.05) is 6.07 Å². The molecule has 0 atom stereocenters. The first-order valence-electron chi connectivity index (χ1n) is 3.80. The van der Waals surface area contributed by atoms with Gasteiger partial charge in [-0.3, -0.25) is 0 Å². The fourth-order valence-electron chi connectivity index (χ4n) is 1.03. The monoisotopic (exact) mass is 212 g/mol. The molecule has 6 heteroatoms. The molecule has 0 aliphatic rings. The topological polar surface area (TPSA) is 56.7 Å². The molecule has 1 heterocycles. The standard InChI is InChI=1S/C8H6ClFN4/c9-6-2-1-5(3-7(6)10)14-4-8(11)12-13-14/h1-4H,11H2. The predicted octanol–water partition coefficient (Wildman–Crippen LogP) is 1.64. The van der Waals surface area contributed by atoms with Crippen LogP contribution in [0, 0.1) is 5.82 Å². The Kier molecular flexibility index (Phi) is 2.09. The first kappa shape index (κ1) is 8.96. The van der Waals surface area contributed by atoms with E-state index >= 15 is 0 Å². The van der Waals surface area contributed by atoms with E-state index in [0.29, 0.717) is 5.69 Å². The van der Waals surface area contributed by atoms with Crippen molar-refractivity contribution in [1.82, 2.24) is 15.0 Å². The number of benzene rings is 1. The zero-order valence-electron chi connectivity index (χ0n) is 6.98. The summed E-state index contributed by atoms with van der Waals surface area (Å²) in [7, 11) is 0. The first-order chi connectivity index (χ1) is 6.66. The third-order valence-electron chi connectivity index (χ3n) is 1.68. The van der Waals surface area contributed by atoms with Crippen LogP contribution < -0.4 is 5.73 Å². The number of rotatable bonds is 1. The normalized spacial score (nSPS) is 10.4. The van der Waals surface area contributed by atoms with Gasteiger partial charge in [0.05, 0.1) is 16.9 Å². The van der Waals surface area contributed by atoms with Crippen LogP contribution in [-0.2, 0) is 0 Å². The van der Waals surface area contributed by atoms with E-state index in [0.717, 1.165) is 0 Å². The summed E-state index contributed by atoms with van der Waals surface area (Å²) < 4.78 is 14.4. The number of nitrogens with zero attached hydrogens (tertiary/aromatic N) is 3. The summed E-state index contributed by atoms with van der Waals surface area (Å²) in [5, 5.41) is 7.34. The highest BCUT2D eigenvalue weighted by molar-refractivity contribution is 6.30. The SMILES string of the molecule is Nc1cn(-c2ccc(Cl)c(F)c2)nn1. The van der Waals surface area contributed by atoms with Gasteiger partial charge in [-0.15, -0.1) is 5.10 Å². The molecule has 0 fully saturated rings. The van der Waals surface area contributed by atoms with Crippen molar-refractivity contribution in [3.63, 3.8) is 0 Å². The summed E-state index contributed by atoms with van der Waals surface area (Å²) >= 11 is 5.53. The maximum atomic E-state index is 13.0. The lowest BCUT2D eigenvalue weighted by molar-refractivity contribution is 0.625. The van der Waals surface area contributed by atoms with E-state index in [2.05, 4.69) is 10.3 Å². The highest BCUT2D eigenvalue weighted by atomic mass is 35.5. The Balaban J connectivity index is 2.47. The van der Waals surface area contributed by atoms with Gasteiger partial charge < -0.3 is 5.73 Å². The molecule has 0 aliphatic carbocycles. The fourth-order valence-corrected chi connectivity index (χ4v) is 1.15. The summed E-state index contributed by atoms with van der Waals surface area (Å²) in [5.74, 6) is -0.224. The van der Waals surface area contributed by atoms with Crippen LogP contribution in [0.15, 0.2) is 24.4 Å². The lowest BCUT2D eigenvalue weighted by Crippen LogP contribution is -1.95. The smallest absolute Gasteiger partial charge is 0.166 e. The van der Waals surface area contributed by atoms with Crippen molar-refractivity contribution in [2.75, 3.05) is 5.73 Å². The van der Waals surface area contributed by atoms with Crippen molar-refractivity contribution in [3.05, 3.63) is 35.2 Å². The van der Waals surface area contributed by atoms with Crippen LogP contribution in [0.4, 0.5) is 10.2 Å². The van der Waals surface area contributed by atoms with Gasteiger partial charge in [-0.1, -0.05) is 16.8 Å². The quantitative estimate of drug-likeness (QED) is 0.782. The summed E-state index contributed by atoms with van der Waals surface area (Å²) in [6, 6.07) is 4.33. The van der Waals surface area contributed by atoms with Gasteiger partial charge in [-0.25, -0.2) is 9.07 Å². The van der Waals surface area contributed by atoms with Crippen molar-refractivity contribution in [1.29, 1.82) is 0 Å². The van der Waals surface area contributed by atoms with Gasteiger partial charge in [0.2, 0.25) is 0 Å². The van der Waals surface area contributed by atoms with E-state index < -0.39 is 5.82 Å². The van der Waals surface area contributed by atoms with Crippen molar-refractivity contribution >= 4 is 17.4 Å². The lowest BCUT2D eigenvalue weighted by Gasteiger charge is -2.00. The molecule has 2 N–H and O–H groups in total. The lowest BCUT2D eigenvalue weighted by atomic mass is 10.3. The minimum Gasteiger partial charge on any atom is -0.381 e. The Morgan fingerprint density at radius 1 is 1.43 bits per heavy atom. The predicted molar refractivity (Wildman–Crippen MR) is 50.7 cm³/mol. The van der Waals surface area contributed by atoms with Gasteiger partial charge in [0.15, 0.2) is 5.82 Å². The Hall–Kier alpha value is -1.62.